The molecule has 0 bridgehead atoms. The van der Waals surface area contributed by atoms with Crippen molar-refractivity contribution in [3.05, 3.63) is 34.9 Å². The van der Waals surface area contributed by atoms with Crippen LogP contribution in [0.25, 0.3) is 0 Å². The molecule has 0 saturated carbocycles. The summed E-state index contributed by atoms with van der Waals surface area (Å²) in [5.74, 6) is -7.43. The first-order chi connectivity index (χ1) is 19.5. The minimum absolute atomic E-state index is 0.0136. The molecule has 3 N–H and O–H groups in total. The lowest BCUT2D eigenvalue weighted by Gasteiger charge is -2.14. The van der Waals surface area contributed by atoms with Crippen molar-refractivity contribution in [2.24, 2.45) is 11.8 Å². The number of amides is 2. The van der Waals surface area contributed by atoms with Gasteiger partial charge in [0.05, 0.1) is 26.4 Å². The van der Waals surface area contributed by atoms with E-state index in [0.29, 0.717) is 19.0 Å². The van der Waals surface area contributed by atoms with Gasteiger partial charge in [-0.05, 0) is 32.4 Å². The monoisotopic (exact) mass is 598 g/mol. The molecule has 1 aliphatic carbocycles. The van der Waals surface area contributed by atoms with Gasteiger partial charge in [0.25, 0.3) is 0 Å². The van der Waals surface area contributed by atoms with Gasteiger partial charge in [-0.2, -0.15) is 0 Å². The molecule has 0 fully saturated rings. The van der Waals surface area contributed by atoms with Crippen LogP contribution in [0.1, 0.15) is 58.3 Å². The largest absolute Gasteiger partial charge is 0.380 e. The summed E-state index contributed by atoms with van der Waals surface area (Å²) >= 11 is 0. The molecule has 0 aliphatic heterocycles. The molecule has 0 saturated heterocycles. The summed E-state index contributed by atoms with van der Waals surface area (Å²) in [5, 5.41) is 12.3. The number of rotatable bonds is 17. The number of carbonyl (C=O) groups excluding carboxylic acids is 6. The topological polar surface area (TPSA) is 191 Å². The first-order valence-corrected chi connectivity index (χ1v) is 14.8. The molecule has 1 aliphatic rings. The van der Waals surface area contributed by atoms with Crippen LogP contribution in [0.4, 0.5) is 0 Å². The minimum atomic E-state index is -1.62. The average Bonchev–Trinajstić information content (AvgIpc) is 3.19. The molecule has 1 aromatic carbocycles. The van der Waals surface area contributed by atoms with Gasteiger partial charge in [-0.3, -0.25) is 38.2 Å². The first kappa shape index (κ1) is 35.9. The van der Waals surface area contributed by atoms with Crippen molar-refractivity contribution in [3.63, 3.8) is 0 Å². The summed E-state index contributed by atoms with van der Waals surface area (Å²) in [7, 11) is -1.00. The lowest BCUT2D eigenvalue weighted by molar-refractivity contribution is -0.237. The zero-order valence-corrected chi connectivity index (χ0v) is 24.5. The number of Topliss-reactive ketones (excluding diaryl/α,β-unsaturated/α-hetero) is 4. The van der Waals surface area contributed by atoms with Gasteiger partial charge in [0.2, 0.25) is 11.8 Å². The van der Waals surface area contributed by atoms with Crippen LogP contribution in [-0.2, 0) is 39.5 Å². The molecule has 3 unspecified atom stereocenters. The summed E-state index contributed by atoms with van der Waals surface area (Å²) < 4.78 is 21.5. The third-order valence-corrected chi connectivity index (χ3v) is 6.38. The van der Waals surface area contributed by atoms with E-state index in [-0.39, 0.29) is 49.6 Å². The van der Waals surface area contributed by atoms with Gasteiger partial charge in [-0.15, -0.1) is 0 Å². The highest BCUT2D eigenvalue weighted by Crippen LogP contribution is 2.29. The number of nitrogens with one attached hydrogen (secondary N) is 2. The number of hydrogen-bond acceptors (Lipinski definition) is 11. The van der Waals surface area contributed by atoms with Crippen LogP contribution in [0.2, 0.25) is 0 Å². The van der Waals surface area contributed by atoms with Crippen LogP contribution in [0, 0.1) is 11.8 Å². The molecule has 1 aromatic rings. The van der Waals surface area contributed by atoms with Crippen LogP contribution in [0.5, 0.6) is 0 Å². The van der Waals surface area contributed by atoms with Crippen LogP contribution in [0.3, 0.4) is 0 Å². The van der Waals surface area contributed by atoms with E-state index in [1.165, 1.54) is 12.1 Å². The van der Waals surface area contributed by atoms with E-state index in [2.05, 4.69) is 15.5 Å². The minimum Gasteiger partial charge on any atom is -0.380 e. The predicted octanol–water partition coefficient (Wildman–Crippen LogP) is 0.620. The van der Waals surface area contributed by atoms with E-state index in [0.717, 1.165) is 19.4 Å². The lowest BCUT2D eigenvalue weighted by atomic mass is 9.91. The molecule has 228 valence electrons. The molecule has 3 atom stereocenters. The van der Waals surface area contributed by atoms with Crippen molar-refractivity contribution >= 4 is 45.7 Å². The molecule has 0 spiro atoms. The highest BCUT2D eigenvalue weighted by Gasteiger charge is 2.44. The second-order valence-electron chi connectivity index (χ2n) is 8.83. The molecule has 14 heteroatoms. The van der Waals surface area contributed by atoms with E-state index in [4.69, 9.17) is 14.7 Å². The molecule has 2 rings (SSSR count). The maximum absolute atomic E-state index is 13.0. The van der Waals surface area contributed by atoms with E-state index >= 15 is 0 Å². The fourth-order valence-electron chi connectivity index (χ4n) is 3.66. The van der Waals surface area contributed by atoms with Gasteiger partial charge < -0.3 is 20.1 Å². The SMILES string of the molecule is CCCOCCNC(=O)C(C(C)=O)C(=O)c1ccc2c(c1)C(=O)C(C(=O)NCCOCCS(C)=O)C2=O.CCOO. The Kier molecular flexibility index (Phi) is 16.7. The fraction of sp³-hybridized carbons (Fsp3) is 0.556. The van der Waals surface area contributed by atoms with Gasteiger partial charge in [0.15, 0.2) is 29.2 Å². The normalized spacial score (nSPS) is 15.3. The summed E-state index contributed by atoms with van der Waals surface area (Å²) in [6.07, 6.45) is 2.35. The van der Waals surface area contributed by atoms with Gasteiger partial charge in [-0.1, -0.05) is 13.0 Å². The number of benzene rings is 1. The quantitative estimate of drug-likeness (QED) is 0.0749. The van der Waals surface area contributed by atoms with Gasteiger partial charge in [-0.25, -0.2) is 4.89 Å². The summed E-state index contributed by atoms with van der Waals surface area (Å²) in [6, 6.07) is 3.65. The van der Waals surface area contributed by atoms with E-state index < -0.39 is 57.6 Å². The number of carbonyl (C=O) groups is 6. The Morgan fingerprint density at radius 3 is 2.10 bits per heavy atom. The Balaban J connectivity index is 0.00000196. The number of ether oxygens (including phenoxy) is 2. The van der Waals surface area contributed by atoms with Crippen molar-refractivity contribution in [2.75, 3.05) is 58.1 Å². The molecule has 13 nitrogen and oxygen atoms in total. The fourth-order valence-corrected chi connectivity index (χ4v) is 4.01. The van der Waals surface area contributed by atoms with Crippen LogP contribution >= 0.6 is 0 Å². The maximum Gasteiger partial charge on any atom is 0.239 e. The van der Waals surface area contributed by atoms with Crippen molar-refractivity contribution < 1.29 is 52.6 Å². The summed E-state index contributed by atoms with van der Waals surface area (Å²) in [4.78, 5) is 79.3. The van der Waals surface area contributed by atoms with E-state index in [1.807, 2.05) is 6.92 Å². The van der Waals surface area contributed by atoms with Gasteiger partial charge >= 0.3 is 0 Å². The molecule has 2 amide bonds. The zero-order chi connectivity index (χ0) is 30.9. The summed E-state index contributed by atoms with van der Waals surface area (Å²) in [5.41, 5.74) is -0.228. The number of fused-ring (bicyclic) bond motifs is 1. The first-order valence-electron chi connectivity index (χ1n) is 13.1. The molecule has 0 aromatic heterocycles. The Morgan fingerprint density at radius 2 is 1.54 bits per heavy atom. The maximum atomic E-state index is 13.0. The Hall–Kier alpha value is -3.17. The molecule has 0 heterocycles. The van der Waals surface area contributed by atoms with Crippen molar-refractivity contribution in [3.8, 4) is 0 Å². The van der Waals surface area contributed by atoms with Crippen LogP contribution < -0.4 is 10.6 Å². The molecule has 41 heavy (non-hydrogen) atoms. The Labute approximate surface area is 241 Å². The lowest BCUT2D eigenvalue weighted by Crippen LogP contribution is -2.40. The second-order valence-corrected chi connectivity index (χ2v) is 10.4. The number of ketones is 4. The zero-order valence-electron chi connectivity index (χ0n) is 23.7. The predicted molar refractivity (Wildman–Crippen MR) is 148 cm³/mol. The van der Waals surface area contributed by atoms with Crippen molar-refractivity contribution in [1.82, 2.24) is 10.6 Å². The highest BCUT2D eigenvalue weighted by molar-refractivity contribution is 7.84. The van der Waals surface area contributed by atoms with Crippen molar-refractivity contribution in [1.29, 1.82) is 0 Å². The third-order valence-electron chi connectivity index (χ3n) is 5.64. The third kappa shape index (κ3) is 11.3. The van der Waals surface area contributed by atoms with Gasteiger partial charge in [0.1, 0.15) is 5.78 Å². The van der Waals surface area contributed by atoms with Crippen LogP contribution in [-0.4, -0.2) is 103 Å². The van der Waals surface area contributed by atoms with E-state index in [1.54, 1.807) is 13.2 Å². The Bertz CT molecular complexity index is 1120. The second kappa shape index (κ2) is 19.0. The molecule has 0 radical (unpaired) electrons. The van der Waals surface area contributed by atoms with Crippen LogP contribution in [0.15, 0.2) is 18.2 Å². The van der Waals surface area contributed by atoms with E-state index in [9.17, 15) is 33.0 Å². The standard InChI is InChI=1S/C25H32N2O9S.C2H6O2/c1-4-9-35-10-7-26-24(32)19(15(2)28)21(29)16-5-6-17-18(14-16)23(31)20(22(17)30)25(33)27-8-11-36-12-13-37(3)34;1-2-4-3/h5-6,14,19-20H,4,7-13H2,1-3H3,(H,26,32)(H,27,33);3H,2H2,1H3. The average molecular weight is 599 g/mol. The molecular formula is C27H38N2O11S. The smallest absolute Gasteiger partial charge is 0.239 e. The Morgan fingerprint density at radius 1 is 0.951 bits per heavy atom. The van der Waals surface area contributed by atoms with Gasteiger partial charge in [0, 0.05) is 59.2 Å². The number of hydrogen-bond donors (Lipinski definition) is 3. The molecular weight excluding hydrogens is 560 g/mol. The van der Waals surface area contributed by atoms with Crippen molar-refractivity contribution in [2.45, 2.75) is 27.2 Å². The highest BCUT2D eigenvalue weighted by atomic mass is 32.2. The summed E-state index contributed by atoms with van der Waals surface area (Å²) in [6.45, 7) is 6.40.